The summed E-state index contributed by atoms with van der Waals surface area (Å²) in [7, 11) is -1.75. The second-order valence-electron chi connectivity index (χ2n) is 13.6. The van der Waals surface area contributed by atoms with E-state index in [1.54, 1.807) is 42.5 Å². The molecule has 2 heterocycles. The molecule has 26 heteroatoms. The number of unbranched alkanes of at least 4 members (excludes halogenated alkanes) is 1. The summed E-state index contributed by atoms with van der Waals surface area (Å²) in [4.78, 5) is 67.7. The summed E-state index contributed by atoms with van der Waals surface area (Å²) < 4.78 is 72.7. The number of nitrogens with zero attached hydrogens (tertiary/aromatic N) is 7. The van der Waals surface area contributed by atoms with Gasteiger partial charge in [0.1, 0.15) is 19.8 Å². The molecule has 0 unspecified atom stereocenters. The highest BCUT2D eigenvalue weighted by atomic mass is 32.2. The molecule has 0 aliphatic heterocycles. The lowest BCUT2D eigenvalue weighted by atomic mass is 9.87. The van der Waals surface area contributed by atoms with Gasteiger partial charge in [-0.1, -0.05) is 45.0 Å². The first kappa shape index (κ1) is 52.2. The summed E-state index contributed by atoms with van der Waals surface area (Å²) in [5, 5.41) is 18.1. The van der Waals surface area contributed by atoms with E-state index in [-0.39, 0.29) is 97.9 Å². The van der Waals surface area contributed by atoms with Crippen LogP contribution < -0.4 is 18.5 Å². The number of sulfonamides is 1. The third-order valence-electron chi connectivity index (χ3n) is 8.03. The fraction of sp³-hybridized carbons (Fsp3) is 0.436. The second-order valence-corrected chi connectivity index (χ2v) is 15.4. The lowest BCUT2D eigenvalue weighted by Crippen LogP contribution is -2.36. The van der Waals surface area contributed by atoms with Crippen molar-refractivity contribution in [3.63, 3.8) is 0 Å². The molecule has 0 N–H and O–H groups in total. The average Bonchev–Trinajstić information content (AvgIpc) is 3.28. The summed E-state index contributed by atoms with van der Waals surface area (Å²) in [6, 6.07) is 14.3. The fourth-order valence-electron chi connectivity index (χ4n) is 4.91. The standard InChI is InChI=1S/C34H40N6O13S.C5H9NO5/c1-34(2,3)24-11-13-25(14-12-24)54(44,45)39(23-51-33(41)50-21-18-48-19-22-52-40(42)43)31-28(53-27-10-7-6-9-26(27)47-5)32(49-20-17-46-4)38-30(37-31)29-35-15-8-16-36-29;7-5-10-3-1-2-4-11-6(8)9/h6-16H,17-23H2,1-5H3;5H,1-4H2. The van der Waals surface area contributed by atoms with Crippen molar-refractivity contribution in [2.75, 3.05) is 78.1 Å². The minimum atomic E-state index is -4.64. The molecule has 65 heavy (non-hydrogen) atoms. The van der Waals surface area contributed by atoms with Crippen molar-refractivity contribution in [3.05, 3.63) is 92.8 Å². The number of methoxy groups -OCH3 is 2. The van der Waals surface area contributed by atoms with Crippen LogP contribution in [0.2, 0.25) is 0 Å². The summed E-state index contributed by atoms with van der Waals surface area (Å²) >= 11 is 0. The van der Waals surface area contributed by atoms with E-state index in [9.17, 15) is 38.2 Å². The maximum Gasteiger partial charge on any atom is 0.510 e. The van der Waals surface area contributed by atoms with E-state index in [4.69, 9.17) is 33.2 Å². The Kier molecular flexibility index (Phi) is 21.7. The second kappa shape index (κ2) is 27.1. The fourth-order valence-corrected chi connectivity index (χ4v) is 6.18. The molecule has 0 aliphatic rings. The monoisotopic (exact) mass is 935 g/mol. The number of benzene rings is 2. The molecule has 0 saturated carbocycles. The van der Waals surface area contributed by atoms with Crippen LogP contribution in [-0.4, -0.2) is 125 Å². The van der Waals surface area contributed by atoms with Gasteiger partial charge in [-0.3, -0.25) is 4.79 Å². The van der Waals surface area contributed by atoms with Gasteiger partial charge in [-0.2, -0.15) is 4.98 Å². The van der Waals surface area contributed by atoms with Gasteiger partial charge in [0.2, 0.25) is 11.6 Å². The zero-order valence-electron chi connectivity index (χ0n) is 36.1. The number of ether oxygens (including phenoxy) is 8. The number of aromatic nitrogens is 4. The van der Waals surface area contributed by atoms with Crippen molar-refractivity contribution in [1.82, 2.24) is 19.9 Å². The first-order valence-corrected chi connectivity index (χ1v) is 20.8. The van der Waals surface area contributed by atoms with Crippen LogP contribution in [0, 0.1) is 20.2 Å². The molecule has 0 radical (unpaired) electrons. The highest BCUT2D eigenvalue weighted by Gasteiger charge is 2.35. The van der Waals surface area contributed by atoms with E-state index in [0.717, 1.165) is 5.56 Å². The van der Waals surface area contributed by atoms with Crippen LogP contribution in [0.3, 0.4) is 0 Å². The van der Waals surface area contributed by atoms with Gasteiger partial charge >= 0.3 is 6.16 Å². The molecule has 4 aromatic rings. The SMILES string of the molecule is COCCOc1nc(-c2ncccn2)nc(N(COC(=O)OCCOCCO[N+](=O)[O-])S(=O)(=O)c2ccc(C(C)(C)C)cc2)c1Oc1ccccc1OC.O=COCCCCO[N+](=O)[O-]. The topological polar surface area (TPSA) is 302 Å². The smallest absolute Gasteiger partial charge is 0.493 e. The number of para-hydroxylation sites is 2. The Labute approximate surface area is 373 Å². The minimum absolute atomic E-state index is 0.00926. The van der Waals surface area contributed by atoms with Crippen LogP contribution in [0.4, 0.5) is 10.6 Å². The van der Waals surface area contributed by atoms with E-state index in [1.807, 2.05) is 20.8 Å². The molecule has 0 atom stereocenters. The van der Waals surface area contributed by atoms with E-state index in [2.05, 4.69) is 34.3 Å². The molecular formula is C39H49N7O18S. The number of hydrogen-bond acceptors (Lipinski definition) is 22. The highest BCUT2D eigenvalue weighted by molar-refractivity contribution is 7.92. The molecular weight excluding hydrogens is 887 g/mol. The van der Waals surface area contributed by atoms with Gasteiger partial charge in [-0.15, -0.1) is 20.2 Å². The third kappa shape index (κ3) is 17.8. The lowest BCUT2D eigenvalue weighted by molar-refractivity contribution is -0.758. The third-order valence-corrected chi connectivity index (χ3v) is 9.75. The van der Waals surface area contributed by atoms with Gasteiger partial charge in [0, 0.05) is 19.5 Å². The molecule has 0 saturated heterocycles. The summed E-state index contributed by atoms with van der Waals surface area (Å²) in [6.45, 7) is 4.74. The Morgan fingerprint density at radius 1 is 0.769 bits per heavy atom. The number of carbonyl (C=O) groups is 2. The van der Waals surface area contributed by atoms with Gasteiger partial charge in [-0.25, -0.2) is 32.5 Å². The Balaban J connectivity index is 0.000000899. The van der Waals surface area contributed by atoms with Crippen molar-refractivity contribution < 1.29 is 75.8 Å². The average molecular weight is 936 g/mol. The van der Waals surface area contributed by atoms with Crippen molar-refractivity contribution >= 4 is 28.5 Å². The predicted octanol–water partition coefficient (Wildman–Crippen LogP) is 4.74. The van der Waals surface area contributed by atoms with Crippen LogP contribution in [0.25, 0.3) is 11.6 Å². The van der Waals surface area contributed by atoms with Crippen molar-refractivity contribution in [3.8, 4) is 34.8 Å². The van der Waals surface area contributed by atoms with Crippen LogP contribution >= 0.6 is 0 Å². The molecule has 2 aromatic carbocycles. The molecule has 0 amide bonds. The van der Waals surface area contributed by atoms with Crippen LogP contribution in [0.5, 0.6) is 23.1 Å². The van der Waals surface area contributed by atoms with Crippen molar-refractivity contribution in [2.45, 2.75) is 43.9 Å². The summed E-state index contributed by atoms with van der Waals surface area (Å²) in [6.07, 6.45) is 2.70. The molecule has 25 nitrogen and oxygen atoms in total. The molecule has 0 spiro atoms. The van der Waals surface area contributed by atoms with Crippen molar-refractivity contribution in [1.29, 1.82) is 0 Å². The Morgan fingerprint density at radius 3 is 2.05 bits per heavy atom. The zero-order chi connectivity index (χ0) is 47.7. The first-order chi connectivity index (χ1) is 31.1. The van der Waals surface area contributed by atoms with Crippen LogP contribution in [0.15, 0.2) is 71.9 Å². The van der Waals surface area contributed by atoms with E-state index >= 15 is 0 Å². The van der Waals surface area contributed by atoms with E-state index in [0.29, 0.717) is 23.6 Å². The first-order valence-electron chi connectivity index (χ1n) is 19.3. The van der Waals surface area contributed by atoms with Gasteiger partial charge in [0.15, 0.2) is 29.9 Å². The number of hydrogen-bond donors (Lipinski definition) is 0. The van der Waals surface area contributed by atoms with E-state index in [1.165, 1.54) is 38.7 Å². The van der Waals surface area contributed by atoms with Crippen LogP contribution in [0.1, 0.15) is 39.2 Å². The Morgan fingerprint density at radius 2 is 1.42 bits per heavy atom. The maximum absolute atomic E-state index is 14.6. The zero-order valence-corrected chi connectivity index (χ0v) is 36.9. The quantitative estimate of drug-likeness (QED) is 0.0195. The molecule has 0 fully saturated rings. The normalized spacial score (nSPS) is 10.9. The maximum atomic E-state index is 14.6. The van der Waals surface area contributed by atoms with Gasteiger partial charge < -0.3 is 47.6 Å². The van der Waals surface area contributed by atoms with Gasteiger partial charge in [-0.05, 0) is 54.2 Å². The number of carbonyl (C=O) groups excluding carboxylic acids is 2. The van der Waals surface area contributed by atoms with Gasteiger partial charge in [0.25, 0.3) is 32.5 Å². The molecule has 4 rings (SSSR count). The van der Waals surface area contributed by atoms with Crippen LogP contribution in [-0.2, 0) is 53.6 Å². The molecule has 2 aromatic heterocycles. The molecule has 0 bridgehead atoms. The summed E-state index contributed by atoms with van der Waals surface area (Å²) in [5.41, 5.74) is 0.568. The highest BCUT2D eigenvalue weighted by Crippen LogP contribution is 2.43. The largest absolute Gasteiger partial charge is 0.510 e. The van der Waals surface area contributed by atoms with Gasteiger partial charge in [0.05, 0.1) is 45.0 Å². The van der Waals surface area contributed by atoms with E-state index < -0.39 is 38.9 Å². The number of rotatable bonds is 27. The Hall–Kier alpha value is -7.19. The van der Waals surface area contributed by atoms with Crippen molar-refractivity contribution in [2.24, 2.45) is 0 Å². The summed E-state index contributed by atoms with van der Waals surface area (Å²) in [5.74, 6) is -0.680. The Bertz CT molecular complexity index is 2220. The molecule has 0 aliphatic carbocycles. The predicted molar refractivity (Wildman–Crippen MR) is 224 cm³/mol. The molecule has 354 valence electrons. The number of anilines is 1. The lowest BCUT2D eigenvalue weighted by Gasteiger charge is -2.26. The minimum Gasteiger partial charge on any atom is -0.493 e.